The van der Waals surface area contributed by atoms with Crippen LogP contribution in [0.25, 0.3) is 10.6 Å². The molecule has 3 aromatic rings. The lowest BCUT2D eigenvalue weighted by atomic mass is 10.2. The van der Waals surface area contributed by atoms with Gasteiger partial charge in [0, 0.05) is 22.0 Å². The van der Waals surface area contributed by atoms with Crippen LogP contribution in [-0.4, -0.2) is 23.3 Å². The molecule has 3 heterocycles. The Hall–Kier alpha value is -2.97. The van der Waals surface area contributed by atoms with Crippen molar-refractivity contribution < 1.29 is 19.1 Å². The summed E-state index contributed by atoms with van der Waals surface area (Å²) in [6.07, 6.45) is 0. The summed E-state index contributed by atoms with van der Waals surface area (Å²) >= 11 is 3.08. The van der Waals surface area contributed by atoms with Gasteiger partial charge in [0.25, 0.3) is 0 Å². The monoisotopic (exact) mass is 398 g/mol. The lowest BCUT2D eigenvalue weighted by Crippen LogP contribution is -2.16. The molecule has 0 unspecified atom stereocenters. The second-order valence-electron chi connectivity index (χ2n) is 5.64. The summed E-state index contributed by atoms with van der Waals surface area (Å²) in [5, 5.41) is 9.64. The van der Waals surface area contributed by atoms with E-state index in [0.29, 0.717) is 11.4 Å². The molecular formula is C19H14N2O4S2. The number of esters is 1. The highest BCUT2D eigenvalue weighted by molar-refractivity contribution is 7.14. The summed E-state index contributed by atoms with van der Waals surface area (Å²) < 4.78 is 10.6. The minimum absolute atomic E-state index is 0.00509. The van der Waals surface area contributed by atoms with Crippen LogP contribution >= 0.6 is 22.7 Å². The predicted octanol–water partition coefficient (Wildman–Crippen LogP) is 3.84. The number of nitrogens with one attached hydrogen (secondary N) is 1. The highest BCUT2D eigenvalue weighted by atomic mass is 32.1. The van der Waals surface area contributed by atoms with Crippen molar-refractivity contribution in [1.82, 2.24) is 4.98 Å². The molecule has 1 aromatic carbocycles. The van der Waals surface area contributed by atoms with Crippen LogP contribution in [0.3, 0.4) is 0 Å². The number of aromatic nitrogens is 1. The average molecular weight is 398 g/mol. The van der Waals surface area contributed by atoms with Gasteiger partial charge in [-0.1, -0.05) is 18.2 Å². The first-order chi connectivity index (χ1) is 13.2. The van der Waals surface area contributed by atoms with Gasteiger partial charge in [0.15, 0.2) is 12.2 Å². The molecule has 8 heteroatoms. The number of carbonyl (C=O) groups excluding carboxylic acids is 2. The van der Waals surface area contributed by atoms with Gasteiger partial charge in [0.2, 0.25) is 11.7 Å². The highest BCUT2D eigenvalue weighted by Gasteiger charge is 2.32. The van der Waals surface area contributed by atoms with Crippen molar-refractivity contribution >= 4 is 40.1 Å². The fourth-order valence-electron chi connectivity index (χ4n) is 2.47. The maximum absolute atomic E-state index is 12.4. The largest absolute Gasteiger partial charge is 0.470 e. The zero-order chi connectivity index (χ0) is 18.6. The van der Waals surface area contributed by atoms with Gasteiger partial charge < -0.3 is 14.8 Å². The van der Waals surface area contributed by atoms with E-state index in [-0.39, 0.29) is 24.7 Å². The van der Waals surface area contributed by atoms with Gasteiger partial charge in [0.05, 0.1) is 5.69 Å². The normalized spacial score (nSPS) is 13.6. The summed E-state index contributed by atoms with van der Waals surface area (Å²) in [5.74, 6) is -1.01. The summed E-state index contributed by atoms with van der Waals surface area (Å²) in [6.45, 7) is -0.187. The Labute approximate surface area is 163 Å². The first-order valence-corrected chi connectivity index (χ1v) is 9.89. The number of carbonyl (C=O) groups is 2. The summed E-state index contributed by atoms with van der Waals surface area (Å²) in [7, 11) is 0. The molecule has 6 nitrogen and oxygen atoms in total. The van der Waals surface area contributed by atoms with Crippen molar-refractivity contribution in [2.24, 2.45) is 0 Å². The minimum atomic E-state index is -0.721. The molecule has 136 valence electrons. The van der Waals surface area contributed by atoms with Crippen molar-refractivity contribution in [3.05, 3.63) is 69.7 Å². The molecule has 1 N–H and O–H groups in total. The van der Waals surface area contributed by atoms with Crippen molar-refractivity contribution in [1.29, 1.82) is 0 Å². The van der Waals surface area contributed by atoms with Crippen LogP contribution in [0, 0.1) is 0 Å². The third-order valence-corrected chi connectivity index (χ3v) is 5.38. The number of ketones is 1. The van der Waals surface area contributed by atoms with Crippen LogP contribution in [0.15, 0.2) is 64.0 Å². The molecule has 1 aliphatic heterocycles. The first kappa shape index (κ1) is 17.4. The number of para-hydroxylation sites is 1. The van der Waals surface area contributed by atoms with Crippen LogP contribution < -0.4 is 5.32 Å². The van der Waals surface area contributed by atoms with Crippen LogP contribution in [0.2, 0.25) is 0 Å². The molecular weight excluding hydrogens is 384 g/mol. The zero-order valence-corrected chi connectivity index (χ0v) is 15.6. The lowest BCUT2D eigenvalue weighted by molar-refractivity contribution is -0.141. The average Bonchev–Trinajstić information content (AvgIpc) is 3.42. The van der Waals surface area contributed by atoms with Crippen molar-refractivity contribution in [2.75, 3.05) is 11.9 Å². The second-order valence-corrected chi connectivity index (χ2v) is 7.28. The Morgan fingerprint density at radius 3 is 2.85 bits per heavy atom. The van der Waals surface area contributed by atoms with E-state index in [1.165, 1.54) is 11.3 Å². The van der Waals surface area contributed by atoms with Crippen molar-refractivity contribution in [2.45, 2.75) is 6.61 Å². The Balaban J connectivity index is 1.44. The van der Waals surface area contributed by atoms with Gasteiger partial charge in [-0.15, -0.1) is 11.3 Å². The summed E-state index contributed by atoms with van der Waals surface area (Å²) in [4.78, 5) is 28.9. The number of thiazole rings is 1. The van der Waals surface area contributed by atoms with E-state index in [4.69, 9.17) is 9.47 Å². The van der Waals surface area contributed by atoms with Gasteiger partial charge in [-0.2, -0.15) is 11.3 Å². The van der Waals surface area contributed by atoms with E-state index < -0.39 is 11.8 Å². The molecule has 0 bridgehead atoms. The molecule has 4 rings (SSSR count). The first-order valence-electron chi connectivity index (χ1n) is 8.07. The van der Waals surface area contributed by atoms with E-state index in [2.05, 4.69) is 10.3 Å². The van der Waals surface area contributed by atoms with Gasteiger partial charge in [-0.3, -0.25) is 4.79 Å². The van der Waals surface area contributed by atoms with E-state index in [0.717, 1.165) is 10.6 Å². The van der Waals surface area contributed by atoms with Crippen LogP contribution in [0.4, 0.5) is 5.69 Å². The summed E-state index contributed by atoms with van der Waals surface area (Å²) in [5.41, 5.74) is 2.29. The number of nitrogens with zero attached hydrogens (tertiary/aromatic N) is 1. The molecule has 0 fully saturated rings. The van der Waals surface area contributed by atoms with Crippen molar-refractivity contribution in [3.63, 3.8) is 0 Å². The lowest BCUT2D eigenvalue weighted by Gasteiger charge is -2.08. The molecule has 2 aromatic heterocycles. The standard InChI is InChI=1S/C19H14N2O4S2/c22-15-9-24-17(20-13-4-2-1-3-5-13)16(15)19(23)25-8-14-11-27-18(21-14)12-6-7-26-10-12/h1-7,10-11,20H,8-9H2. The van der Waals surface area contributed by atoms with Crippen LogP contribution in [-0.2, 0) is 25.7 Å². The number of Topliss-reactive ketones (excluding diaryl/α,β-unsaturated/α-hetero) is 1. The molecule has 0 atom stereocenters. The van der Waals surface area contributed by atoms with Crippen LogP contribution in [0.5, 0.6) is 0 Å². The molecule has 0 spiro atoms. The number of ether oxygens (including phenoxy) is 2. The van der Waals surface area contributed by atoms with E-state index >= 15 is 0 Å². The SMILES string of the molecule is O=C1COC(Nc2ccccc2)=C1C(=O)OCc1csc(-c2ccsc2)n1. The molecule has 0 saturated heterocycles. The number of benzene rings is 1. The zero-order valence-electron chi connectivity index (χ0n) is 14.0. The van der Waals surface area contributed by atoms with Gasteiger partial charge in [0.1, 0.15) is 11.6 Å². The number of anilines is 1. The molecule has 0 amide bonds. The Kier molecular flexibility index (Phi) is 4.99. The molecule has 1 aliphatic rings. The smallest absolute Gasteiger partial charge is 0.347 e. The second kappa shape index (κ2) is 7.73. The maximum atomic E-state index is 12.4. The minimum Gasteiger partial charge on any atom is -0.470 e. The Bertz CT molecular complexity index is 994. The van der Waals surface area contributed by atoms with Crippen LogP contribution in [0.1, 0.15) is 5.69 Å². The molecule has 0 saturated carbocycles. The fraction of sp³-hybridized carbons (Fsp3) is 0.105. The third kappa shape index (κ3) is 3.91. The van der Waals surface area contributed by atoms with Gasteiger partial charge in [-0.25, -0.2) is 9.78 Å². The third-order valence-electron chi connectivity index (χ3n) is 3.76. The number of hydrogen-bond donors (Lipinski definition) is 1. The van der Waals surface area contributed by atoms with E-state index in [1.807, 2.05) is 52.5 Å². The van der Waals surface area contributed by atoms with Gasteiger partial charge in [-0.05, 0) is 23.6 Å². The number of thiophene rings is 1. The van der Waals surface area contributed by atoms with E-state index in [1.54, 1.807) is 11.3 Å². The molecule has 27 heavy (non-hydrogen) atoms. The molecule has 0 radical (unpaired) electrons. The maximum Gasteiger partial charge on any atom is 0.347 e. The van der Waals surface area contributed by atoms with Crippen molar-refractivity contribution in [3.8, 4) is 10.6 Å². The quantitative estimate of drug-likeness (QED) is 0.502. The Morgan fingerprint density at radius 2 is 2.07 bits per heavy atom. The number of rotatable bonds is 6. The summed E-state index contributed by atoms with van der Waals surface area (Å²) in [6, 6.07) is 11.1. The predicted molar refractivity (Wildman–Crippen MR) is 103 cm³/mol. The molecule has 0 aliphatic carbocycles. The fourth-order valence-corrected chi connectivity index (χ4v) is 3.99. The highest BCUT2D eigenvalue weighted by Crippen LogP contribution is 2.26. The van der Waals surface area contributed by atoms with E-state index in [9.17, 15) is 9.59 Å². The Morgan fingerprint density at radius 1 is 1.22 bits per heavy atom. The topological polar surface area (TPSA) is 77.5 Å². The van der Waals surface area contributed by atoms with Gasteiger partial charge >= 0.3 is 5.97 Å². The number of hydrogen-bond acceptors (Lipinski definition) is 8.